The summed E-state index contributed by atoms with van der Waals surface area (Å²) in [6, 6.07) is 0. The van der Waals surface area contributed by atoms with Gasteiger partial charge in [0.25, 0.3) is 0 Å². The van der Waals surface area contributed by atoms with Crippen LogP contribution in [0.1, 0.15) is 64.6 Å². The highest BCUT2D eigenvalue weighted by Crippen LogP contribution is 2.35. The van der Waals surface area contributed by atoms with Crippen LogP contribution in [0, 0.1) is 0 Å². The first kappa shape index (κ1) is 15.6. The minimum absolute atomic E-state index is 0.278. The third-order valence-electron chi connectivity index (χ3n) is 3.87. The molecule has 0 amide bonds. The van der Waals surface area contributed by atoms with Gasteiger partial charge in [0.05, 0.1) is 11.2 Å². The van der Waals surface area contributed by atoms with Gasteiger partial charge in [0, 0.05) is 12.0 Å². The number of nitrogens with zero attached hydrogens (tertiary/aromatic N) is 1. The van der Waals surface area contributed by atoms with Gasteiger partial charge in [0.15, 0.2) is 0 Å². The van der Waals surface area contributed by atoms with Crippen molar-refractivity contribution in [3.8, 4) is 0 Å². The molecular weight excluding hydrogens is 244 g/mol. The molecule has 0 radical (unpaired) electrons. The van der Waals surface area contributed by atoms with Crippen LogP contribution in [0.25, 0.3) is 0 Å². The number of rotatable bonds is 7. The highest BCUT2D eigenvalue weighted by Gasteiger charge is 2.32. The van der Waals surface area contributed by atoms with Crippen molar-refractivity contribution in [3.05, 3.63) is 16.1 Å². The Morgan fingerprint density at radius 3 is 2.28 bits per heavy atom. The number of hydrogen-bond donors (Lipinski definition) is 1. The van der Waals surface area contributed by atoms with Gasteiger partial charge in [0.1, 0.15) is 10.6 Å². The molecule has 1 heterocycles. The third-order valence-corrected chi connectivity index (χ3v) is 4.95. The van der Waals surface area contributed by atoms with E-state index in [1.807, 2.05) is 6.92 Å². The van der Waals surface area contributed by atoms with Crippen LogP contribution in [-0.4, -0.2) is 11.6 Å². The standard InChI is InChI=1S/C14H26N2OS/c1-6-13(5,17-9-4)12-16-11(10-18-12)14(15,7-2)8-3/h10H,6-9,15H2,1-5H3. The van der Waals surface area contributed by atoms with E-state index in [1.165, 1.54) is 0 Å². The molecule has 1 atom stereocenters. The smallest absolute Gasteiger partial charge is 0.125 e. The summed E-state index contributed by atoms with van der Waals surface area (Å²) >= 11 is 1.66. The fourth-order valence-corrected chi connectivity index (χ4v) is 3.11. The molecule has 0 aliphatic carbocycles. The van der Waals surface area contributed by atoms with E-state index in [9.17, 15) is 0 Å². The summed E-state index contributed by atoms with van der Waals surface area (Å²) < 4.78 is 5.87. The van der Waals surface area contributed by atoms with Gasteiger partial charge in [-0.3, -0.25) is 0 Å². The maximum atomic E-state index is 6.39. The number of nitrogens with two attached hydrogens (primary N) is 1. The largest absolute Gasteiger partial charge is 0.368 e. The summed E-state index contributed by atoms with van der Waals surface area (Å²) in [5.74, 6) is 0. The average molecular weight is 270 g/mol. The fourth-order valence-electron chi connectivity index (χ4n) is 1.99. The van der Waals surface area contributed by atoms with Gasteiger partial charge in [-0.25, -0.2) is 4.98 Å². The molecule has 1 aromatic rings. The zero-order chi connectivity index (χ0) is 13.8. The first-order valence-electron chi connectivity index (χ1n) is 6.85. The van der Waals surface area contributed by atoms with Crippen molar-refractivity contribution in [1.82, 2.24) is 4.98 Å². The lowest BCUT2D eigenvalue weighted by Crippen LogP contribution is -2.36. The molecule has 2 N–H and O–H groups in total. The molecule has 0 spiro atoms. The van der Waals surface area contributed by atoms with Crippen LogP contribution in [0.5, 0.6) is 0 Å². The van der Waals surface area contributed by atoms with E-state index in [2.05, 4.69) is 33.1 Å². The van der Waals surface area contributed by atoms with Crippen molar-refractivity contribution >= 4 is 11.3 Å². The Bertz CT molecular complexity index is 374. The molecule has 1 rings (SSSR count). The quantitative estimate of drug-likeness (QED) is 0.820. The Balaban J connectivity index is 3.05. The van der Waals surface area contributed by atoms with Crippen molar-refractivity contribution in [1.29, 1.82) is 0 Å². The lowest BCUT2D eigenvalue weighted by Gasteiger charge is -2.27. The lowest BCUT2D eigenvalue weighted by molar-refractivity contribution is -0.0326. The second-order valence-electron chi connectivity index (χ2n) is 4.92. The van der Waals surface area contributed by atoms with Gasteiger partial charge < -0.3 is 10.5 Å². The van der Waals surface area contributed by atoms with E-state index in [1.54, 1.807) is 11.3 Å². The van der Waals surface area contributed by atoms with Gasteiger partial charge in [-0.15, -0.1) is 11.3 Å². The van der Waals surface area contributed by atoms with E-state index in [0.29, 0.717) is 6.61 Å². The Morgan fingerprint density at radius 1 is 1.22 bits per heavy atom. The zero-order valence-electron chi connectivity index (χ0n) is 12.2. The van der Waals surface area contributed by atoms with Gasteiger partial charge in [-0.2, -0.15) is 0 Å². The maximum Gasteiger partial charge on any atom is 0.125 e. The van der Waals surface area contributed by atoms with E-state index < -0.39 is 0 Å². The molecule has 0 fully saturated rings. The van der Waals surface area contributed by atoms with E-state index in [0.717, 1.165) is 30.0 Å². The molecule has 4 heteroatoms. The van der Waals surface area contributed by atoms with Crippen molar-refractivity contribution in [2.75, 3.05) is 6.61 Å². The van der Waals surface area contributed by atoms with Crippen LogP contribution in [-0.2, 0) is 15.9 Å². The molecular formula is C14H26N2OS. The number of hydrogen-bond acceptors (Lipinski definition) is 4. The highest BCUT2D eigenvalue weighted by molar-refractivity contribution is 7.09. The molecule has 0 aliphatic rings. The predicted octanol–water partition coefficient (Wildman–Crippen LogP) is 3.78. The fraction of sp³-hybridized carbons (Fsp3) is 0.786. The van der Waals surface area contributed by atoms with Crippen LogP contribution in [0.2, 0.25) is 0 Å². The summed E-state index contributed by atoms with van der Waals surface area (Å²) in [5.41, 5.74) is 6.83. The molecule has 1 aromatic heterocycles. The topological polar surface area (TPSA) is 48.1 Å². The SMILES string of the molecule is CCOC(C)(CC)c1nc(C(N)(CC)CC)cs1. The monoisotopic (exact) mass is 270 g/mol. The molecule has 0 saturated heterocycles. The maximum absolute atomic E-state index is 6.39. The number of thiazole rings is 1. The molecule has 1 unspecified atom stereocenters. The number of aromatic nitrogens is 1. The minimum atomic E-state index is -0.296. The van der Waals surface area contributed by atoms with Crippen molar-refractivity contribution < 1.29 is 4.74 Å². The molecule has 104 valence electrons. The summed E-state index contributed by atoms with van der Waals surface area (Å²) in [4.78, 5) is 4.75. The minimum Gasteiger partial charge on any atom is -0.368 e. The Labute approximate surface area is 115 Å². The lowest BCUT2D eigenvalue weighted by atomic mass is 9.91. The summed E-state index contributed by atoms with van der Waals surface area (Å²) in [6.07, 6.45) is 2.73. The van der Waals surface area contributed by atoms with E-state index in [4.69, 9.17) is 15.5 Å². The predicted molar refractivity (Wildman–Crippen MR) is 77.8 cm³/mol. The van der Waals surface area contributed by atoms with Crippen LogP contribution in [0.15, 0.2) is 5.38 Å². The van der Waals surface area contributed by atoms with Crippen molar-refractivity contribution in [3.63, 3.8) is 0 Å². The van der Waals surface area contributed by atoms with Crippen molar-refractivity contribution in [2.45, 2.75) is 65.0 Å². The summed E-state index contributed by atoms with van der Waals surface area (Å²) in [6.45, 7) is 11.2. The Morgan fingerprint density at radius 2 is 1.83 bits per heavy atom. The number of ether oxygens (including phenoxy) is 1. The molecule has 3 nitrogen and oxygen atoms in total. The van der Waals surface area contributed by atoms with E-state index >= 15 is 0 Å². The third kappa shape index (κ3) is 2.92. The summed E-state index contributed by atoms with van der Waals surface area (Å²) in [7, 11) is 0. The Kier molecular flexibility index (Phi) is 5.32. The van der Waals surface area contributed by atoms with Crippen LogP contribution in [0.3, 0.4) is 0 Å². The normalized spacial score (nSPS) is 15.7. The second kappa shape index (κ2) is 6.13. The molecule has 0 aromatic carbocycles. The molecule has 0 bridgehead atoms. The highest BCUT2D eigenvalue weighted by atomic mass is 32.1. The summed E-state index contributed by atoms with van der Waals surface area (Å²) in [5, 5.41) is 3.13. The van der Waals surface area contributed by atoms with Gasteiger partial charge in [-0.1, -0.05) is 20.8 Å². The molecule has 0 saturated carbocycles. The zero-order valence-corrected chi connectivity index (χ0v) is 13.1. The van der Waals surface area contributed by atoms with Gasteiger partial charge in [-0.05, 0) is 33.1 Å². The molecule has 18 heavy (non-hydrogen) atoms. The van der Waals surface area contributed by atoms with Crippen LogP contribution >= 0.6 is 11.3 Å². The van der Waals surface area contributed by atoms with Gasteiger partial charge in [0.2, 0.25) is 0 Å². The van der Waals surface area contributed by atoms with Crippen molar-refractivity contribution in [2.24, 2.45) is 5.73 Å². The second-order valence-corrected chi connectivity index (χ2v) is 5.78. The van der Waals surface area contributed by atoms with Crippen LogP contribution < -0.4 is 5.73 Å². The Hall–Kier alpha value is -0.450. The first-order chi connectivity index (χ1) is 8.45. The van der Waals surface area contributed by atoms with Gasteiger partial charge >= 0.3 is 0 Å². The van der Waals surface area contributed by atoms with Crippen LogP contribution in [0.4, 0.5) is 0 Å². The average Bonchev–Trinajstić information content (AvgIpc) is 2.88. The molecule has 0 aliphatic heterocycles. The van der Waals surface area contributed by atoms with E-state index in [-0.39, 0.29) is 11.1 Å². The first-order valence-corrected chi connectivity index (χ1v) is 7.73.